The second-order valence-corrected chi connectivity index (χ2v) is 13.0. The molecule has 48 heavy (non-hydrogen) atoms. The fraction of sp³-hybridized carbons (Fsp3) is 0.371. The molecule has 12 nitrogen and oxygen atoms in total. The molecule has 2 aliphatic rings. The predicted octanol–water partition coefficient (Wildman–Crippen LogP) is 5.27. The van der Waals surface area contributed by atoms with Crippen molar-refractivity contribution in [3.8, 4) is 5.75 Å². The zero-order valence-corrected chi connectivity index (χ0v) is 28.2. The summed E-state index contributed by atoms with van der Waals surface area (Å²) in [4.78, 5) is 55.2. The van der Waals surface area contributed by atoms with Crippen molar-refractivity contribution in [2.45, 2.75) is 52.9 Å². The Morgan fingerprint density at radius 2 is 1.54 bits per heavy atom. The topological polar surface area (TPSA) is 162 Å². The molecule has 0 atom stereocenters. The van der Waals surface area contributed by atoms with Crippen molar-refractivity contribution < 1.29 is 42.0 Å². The smallest absolute Gasteiger partial charge is 0.333 e. The van der Waals surface area contributed by atoms with Gasteiger partial charge in [-0.15, -0.1) is 0 Å². The molecule has 0 saturated carbocycles. The van der Waals surface area contributed by atoms with Gasteiger partial charge in [0.2, 0.25) is 0 Å². The lowest BCUT2D eigenvalue weighted by Gasteiger charge is -2.34. The van der Waals surface area contributed by atoms with Crippen LogP contribution in [0.2, 0.25) is 0 Å². The van der Waals surface area contributed by atoms with E-state index in [9.17, 15) is 32.1 Å². The summed E-state index contributed by atoms with van der Waals surface area (Å²) >= 11 is 0. The number of fused-ring (bicyclic) bond motifs is 1. The average Bonchev–Trinajstić information content (AvgIpc) is 3.04. The summed E-state index contributed by atoms with van der Waals surface area (Å²) in [5.74, 6) is -2.36. The Labute approximate surface area is 280 Å². The first-order valence-electron chi connectivity index (χ1n) is 16.0. The predicted molar refractivity (Wildman–Crippen MR) is 181 cm³/mol. The van der Waals surface area contributed by atoms with E-state index in [1.807, 2.05) is 55.5 Å². The van der Waals surface area contributed by atoms with Crippen LogP contribution < -0.4 is 9.64 Å². The molecule has 4 amide bonds. The number of amides is 4. The maximum absolute atomic E-state index is 13.6. The number of imide groups is 2. The van der Waals surface area contributed by atoms with E-state index < -0.39 is 39.7 Å². The summed E-state index contributed by atoms with van der Waals surface area (Å²) in [5.41, 5.74) is 4.16. The molecular formula is C35H41N3O9S. The molecule has 0 unspecified atom stereocenters. The Bertz CT molecular complexity index is 1760. The number of hydrogen-bond acceptors (Lipinski definition) is 8. The van der Waals surface area contributed by atoms with Gasteiger partial charge in [0.05, 0.1) is 5.75 Å². The Balaban J connectivity index is 1.74. The Morgan fingerprint density at radius 1 is 0.896 bits per heavy atom. The summed E-state index contributed by atoms with van der Waals surface area (Å²) in [7, 11) is -4.35. The molecule has 13 heteroatoms. The molecule has 4 rings (SSSR count). The summed E-state index contributed by atoms with van der Waals surface area (Å²) < 4.78 is 38.2. The van der Waals surface area contributed by atoms with Gasteiger partial charge in [-0.05, 0) is 75.5 Å². The van der Waals surface area contributed by atoms with Crippen molar-refractivity contribution in [1.82, 2.24) is 9.80 Å². The lowest BCUT2D eigenvalue weighted by atomic mass is 9.90. The van der Waals surface area contributed by atoms with Gasteiger partial charge in [0.25, 0.3) is 21.9 Å². The fourth-order valence-corrected chi connectivity index (χ4v) is 6.26. The third-order valence-electron chi connectivity index (χ3n) is 8.26. The molecule has 1 saturated heterocycles. The lowest BCUT2D eigenvalue weighted by Crippen LogP contribution is -2.56. The van der Waals surface area contributed by atoms with Gasteiger partial charge >= 0.3 is 12.0 Å². The van der Waals surface area contributed by atoms with Gasteiger partial charge in [0.1, 0.15) is 17.1 Å². The van der Waals surface area contributed by atoms with E-state index >= 15 is 0 Å². The Kier molecular flexibility index (Phi) is 12.0. The number of nitrogens with zero attached hydrogens (tertiary/aromatic N) is 3. The maximum atomic E-state index is 13.6. The van der Waals surface area contributed by atoms with Crippen LogP contribution in [0.3, 0.4) is 0 Å². The van der Waals surface area contributed by atoms with Crippen LogP contribution in [0.5, 0.6) is 5.75 Å². The summed E-state index contributed by atoms with van der Waals surface area (Å²) in [6, 6.07) is 14.9. The number of urea groups is 1. The zero-order valence-electron chi connectivity index (χ0n) is 27.3. The molecule has 2 aliphatic heterocycles. The van der Waals surface area contributed by atoms with Crippen LogP contribution in [0.4, 0.5) is 10.5 Å². The van der Waals surface area contributed by atoms with Crippen molar-refractivity contribution >= 4 is 45.2 Å². The van der Waals surface area contributed by atoms with E-state index in [0.29, 0.717) is 30.8 Å². The molecule has 0 aromatic heterocycles. The second-order valence-electron chi connectivity index (χ2n) is 11.5. The highest BCUT2D eigenvalue weighted by molar-refractivity contribution is 7.85. The number of rotatable bonds is 15. The normalized spacial score (nSPS) is 16.9. The van der Waals surface area contributed by atoms with Crippen LogP contribution in [-0.2, 0) is 24.5 Å². The molecule has 1 fully saturated rings. The number of carbonyl (C=O) groups excluding carboxylic acids is 3. The van der Waals surface area contributed by atoms with Crippen molar-refractivity contribution in [2.24, 2.45) is 0 Å². The molecule has 2 aromatic rings. The van der Waals surface area contributed by atoms with E-state index in [-0.39, 0.29) is 31.5 Å². The van der Waals surface area contributed by atoms with Crippen molar-refractivity contribution in [1.29, 1.82) is 0 Å². The Morgan fingerprint density at radius 3 is 2.15 bits per heavy atom. The minimum Gasteiger partial charge on any atom is -0.481 e. The van der Waals surface area contributed by atoms with Crippen LogP contribution in [0.1, 0.15) is 64.0 Å². The van der Waals surface area contributed by atoms with Gasteiger partial charge in [0.15, 0.2) is 0 Å². The molecule has 0 spiro atoms. The quantitative estimate of drug-likeness (QED) is 0.110. The minimum atomic E-state index is -4.35. The molecule has 2 aromatic carbocycles. The third kappa shape index (κ3) is 8.58. The fourth-order valence-electron chi connectivity index (χ4n) is 5.77. The molecule has 0 radical (unpaired) electrons. The van der Waals surface area contributed by atoms with Crippen LogP contribution in [0.15, 0.2) is 77.6 Å². The highest BCUT2D eigenvalue weighted by Gasteiger charge is 2.41. The van der Waals surface area contributed by atoms with Gasteiger partial charge in [0, 0.05) is 55.5 Å². The second kappa shape index (κ2) is 15.9. The average molecular weight is 680 g/mol. The first-order valence-corrected chi connectivity index (χ1v) is 17.6. The number of hydrogen-bond donors (Lipinski definition) is 2. The number of ether oxygens (including phenoxy) is 1. The number of carboxylic acid groups (broad SMARTS) is 1. The largest absolute Gasteiger partial charge is 0.481 e. The Hall–Kier alpha value is -4.75. The molecule has 2 N–H and O–H groups in total. The lowest BCUT2D eigenvalue weighted by molar-refractivity contribution is -0.138. The van der Waals surface area contributed by atoms with Crippen LogP contribution in [0.25, 0.3) is 5.57 Å². The molecule has 2 heterocycles. The SMILES string of the molecule is CCN(CC)c1ccc2c(c1)OC(=CC=C1C(=O)N(CCCCCC(=O)O)C(=O)N(CCCS(=O)(=O)O)C1=O)C(C)=C2c1ccccc1. The molecule has 0 bridgehead atoms. The summed E-state index contributed by atoms with van der Waals surface area (Å²) in [6.45, 7) is 7.19. The maximum Gasteiger partial charge on any atom is 0.333 e. The van der Waals surface area contributed by atoms with Crippen LogP contribution in [0, 0.1) is 0 Å². The minimum absolute atomic E-state index is 0.0573. The zero-order chi connectivity index (χ0) is 35.0. The van der Waals surface area contributed by atoms with E-state index in [2.05, 4.69) is 18.7 Å². The van der Waals surface area contributed by atoms with Gasteiger partial charge < -0.3 is 14.7 Å². The highest BCUT2D eigenvalue weighted by Crippen LogP contribution is 2.43. The van der Waals surface area contributed by atoms with Crippen molar-refractivity contribution in [3.05, 3.63) is 88.7 Å². The van der Waals surface area contributed by atoms with Crippen LogP contribution in [-0.4, -0.2) is 83.6 Å². The number of unbranched alkanes of at least 4 members (excludes halogenated alkanes) is 2. The summed E-state index contributed by atoms with van der Waals surface area (Å²) in [6.07, 6.45) is 3.63. The van der Waals surface area contributed by atoms with E-state index in [1.165, 1.54) is 12.2 Å². The third-order valence-corrected chi connectivity index (χ3v) is 9.07. The first kappa shape index (κ1) is 36.1. The van der Waals surface area contributed by atoms with Gasteiger partial charge in [-0.1, -0.05) is 36.8 Å². The standard InChI is InChI=1S/C35H41N3O9S/c1-4-36(5-2)26-16-17-27-30(23-26)47-29(24(3)32(27)25-13-8-6-9-14-25)19-18-28-33(41)37(20-11-7-10-15-31(39)40)35(43)38(34(28)42)21-12-22-48(44,45)46/h6,8-9,13-14,16-19,23H,4-5,7,10-12,15,20-22H2,1-3H3,(H,39,40)(H,44,45,46). The van der Waals surface area contributed by atoms with Crippen molar-refractivity contribution in [2.75, 3.05) is 36.8 Å². The molecule has 0 aliphatic carbocycles. The van der Waals surface area contributed by atoms with Gasteiger partial charge in [-0.2, -0.15) is 8.42 Å². The number of aliphatic carboxylic acids is 1. The molecular weight excluding hydrogens is 638 g/mol. The number of carboxylic acids is 1. The van der Waals surface area contributed by atoms with Crippen molar-refractivity contribution in [3.63, 3.8) is 0 Å². The van der Waals surface area contributed by atoms with E-state index in [4.69, 9.17) is 9.84 Å². The number of allylic oxidation sites excluding steroid dienone is 3. The summed E-state index contributed by atoms with van der Waals surface area (Å²) in [5, 5.41) is 8.91. The van der Waals surface area contributed by atoms with E-state index in [1.54, 1.807) is 0 Å². The van der Waals surface area contributed by atoms with Crippen LogP contribution >= 0.6 is 0 Å². The monoisotopic (exact) mass is 679 g/mol. The van der Waals surface area contributed by atoms with Gasteiger partial charge in [-0.3, -0.25) is 28.7 Å². The van der Waals surface area contributed by atoms with Gasteiger partial charge in [-0.25, -0.2) is 4.79 Å². The number of benzene rings is 2. The molecule has 256 valence electrons. The number of barbiturate groups is 1. The number of anilines is 1. The highest BCUT2D eigenvalue weighted by atomic mass is 32.2. The number of carbonyl (C=O) groups is 4. The first-order chi connectivity index (χ1) is 22.9. The van der Waals surface area contributed by atoms with E-state index in [0.717, 1.165) is 50.8 Å².